The zero-order valence-electron chi connectivity index (χ0n) is 11.5. The van der Waals surface area contributed by atoms with E-state index in [4.69, 9.17) is 0 Å². The first-order chi connectivity index (χ1) is 9.58. The number of hydrogen-bond acceptors (Lipinski definition) is 1. The zero-order valence-corrected chi connectivity index (χ0v) is 11.5. The maximum absolute atomic E-state index is 13.8. The van der Waals surface area contributed by atoms with Gasteiger partial charge in [-0.05, 0) is 61.5 Å². The summed E-state index contributed by atoms with van der Waals surface area (Å²) in [6, 6.07) is 3.95. The van der Waals surface area contributed by atoms with E-state index in [1.807, 2.05) is 0 Å². The highest BCUT2D eigenvalue weighted by molar-refractivity contribution is 5.24. The van der Waals surface area contributed by atoms with E-state index >= 15 is 0 Å². The first kappa shape index (κ1) is 12.8. The number of rotatable bonds is 2. The molecule has 3 fully saturated rings. The molecule has 3 heteroatoms. The second kappa shape index (κ2) is 4.27. The topological polar surface area (TPSA) is 20.2 Å². The number of aliphatic hydroxyl groups is 1. The minimum atomic E-state index is -0.890. The molecule has 4 rings (SSSR count). The smallest absolute Gasteiger partial charge is 0.129 e. The molecule has 20 heavy (non-hydrogen) atoms. The van der Waals surface area contributed by atoms with Crippen LogP contribution in [0.5, 0.6) is 0 Å². The lowest BCUT2D eigenvalue weighted by Gasteiger charge is -2.39. The summed E-state index contributed by atoms with van der Waals surface area (Å²) in [7, 11) is 0. The minimum absolute atomic E-state index is 0.0668. The number of benzene rings is 1. The summed E-state index contributed by atoms with van der Waals surface area (Å²) in [6.45, 7) is 0. The molecule has 5 atom stereocenters. The van der Waals surface area contributed by atoms with E-state index in [0.717, 1.165) is 18.8 Å². The van der Waals surface area contributed by atoms with Gasteiger partial charge in [0, 0.05) is 12.0 Å². The van der Waals surface area contributed by atoms with E-state index in [9.17, 15) is 13.9 Å². The molecule has 0 radical (unpaired) electrons. The van der Waals surface area contributed by atoms with Crippen molar-refractivity contribution in [3.05, 3.63) is 35.4 Å². The van der Waals surface area contributed by atoms with E-state index in [-0.39, 0.29) is 17.9 Å². The number of halogens is 2. The largest absolute Gasteiger partial charge is 0.389 e. The molecule has 0 aromatic heterocycles. The molecule has 3 saturated carbocycles. The molecule has 1 N–H and O–H groups in total. The van der Waals surface area contributed by atoms with E-state index in [1.54, 1.807) is 0 Å². The Labute approximate surface area is 118 Å². The Morgan fingerprint density at radius 2 is 1.85 bits per heavy atom. The van der Waals surface area contributed by atoms with Gasteiger partial charge < -0.3 is 5.11 Å². The lowest BCUT2D eigenvalue weighted by Crippen LogP contribution is -2.43. The standard InChI is InChI=1S/C17H20F2O/c18-15-5-2-6-16(19)13(15)9-17(20)8-10-7-14(17)12-4-1-3-11(10)12/h2,5-6,10-12,14,20H,1,3-4,7-9H2. The van der Waals surface area contributed by atoms with Crippen molar-refractivity contribution in [2.75, 3.05) is 0 Å². The van der Waals surface area contributed by atoms with Crippen LogP contribution in [0.15, 0.2) is 18.2 Å². The molecule has 0 amide bonds. The van der Waals surface area contributed by atoms with Crippen LogP contribution < -0.4 is 0 Å². The van der Waals surface area contributed by atoms with Crippen molar-refractivity contribution in [3.63, 3.8) is 0 Å². The Morgan fingerprint density at radius 3 is 2.60 bits per heavy atom. The van der Waals surface area contributed by atoms with Crippen molar-refractivity contribution >= 4 is 0 Å². The van der Waals surface area contributed by atoms with Gasteiger partial charge in [-0.1, -0.05) is 12.5 Å². The van der Waals surface area contributed by atoms with Crippen molar-refractivity contribution in [2.24, 2.45) is 23.7 Å². The van der Waals surface area contributed by atoms with E-state index < -0.39 is 17.2 Å². The Morgan fingerprint density at radius 1 is 1.15 bits per heavy atom. The van der Waals surface area contributed by atoms with E-state index in [0.29, 0.717) is 11.8 Å². The van der Waals surface area contributed by atoms with Crippen molar-refractivity contribution in [3.8, 4) is 0 Å². The SMILES string of the molecule is OC1(Cc2c(F)cccc2F)CC2CC1C1CCCC21. The molecule has 0 aliphatic heterocycles. The third-order valence-electron chi connectivity index (χ3n) is 6.15. The Hall–Kier alpha value is -0.960. The van der Waals surface area contributed by atoms with Gasteiger partial charge in [0.15, 0.2) is 0 Å². The highest BCUT2D eigenvalue weighted by atomic mass is 19.1. The fourth-order valence-electron chi connectivity index (χ4n) is 5.45. The minimum Gasteiger partial charge on any atom is -0.389 e. The maximum Gasteiger partial charge on any atom is 0.129 e. The summed E-state index contributed by atoms with van der Waals surface area (Å²) in [5.74, 6) is 1.14. The Balaban J connectivity index is 1.63. The van der Waals surface area contributed by atoms with Gasteiger partial charge in [-0.2, -0.15) is 0 Å². The molecule has 1 aromatic carbocycles. The van der Waals surface area contributed by atoms with Gasteiger partial charge in [0.1, 0.15) is 11.6 Å². The fraction of sp³-hybridized carbons (Fsp3) is 0.647. The van der Waals surface area contributed by atoms with Crippen LogP contribution in [0.4, 0.5) is 8.78 Å². The van der Waals surface area contributed by atoms with Gasteiger partial charge in [0.25, 0.3) is 0 Å². The monoisotopic (exact) mass is 278 g/mol. The van der Waals surface area contributed by atoms with Crippen LogP contribution in [0.25, 0.3) is 0 Å². The molecule has 0 heterocycles. The van der Waals surface area contributed by atoms with Crippen LogP contribution in [0, 0.1) is 35.3 Å². The molecule has 5 unspecified atom stereocenters. The van der Waals surface area contributed by atoms with Crippen molar-refractivity contribution in [1.29, 1.82) is 0 Å². The Kier molecular flexibility index (Phi) is 2.72. The summed E-state index contributed by atoms with van der Waals surface area (Å²) >= 11 is 0. The van der Waals surface area contributed by atoms with Gasteiger partial charge >= 0.3 is 0 Å². The average Bonchev–Trinajstić information content (AvgIpc) is 3.05. The highest BCUT2D eigenvalue weighted by Crippen LogP contribution is 2.63. The van der Waals surface area contributed by atoms with Crippen LogP contribution in [-0.4, -0.2) is 10.7 Å². The van der Waals surface area contributed by atoms with Crippen molar-refractivity contribution in [1.82, 2.24) is 0 Å². The summed E-state index contributed by atoms with van der Waals surface area (Å²) < 4.78 is 27.7. The average molecular weight is 278 g/mol. The molecule has 0 spiro atoms. The van der Waals surface area contributed by atoms with Gasteiger partial charge in [0.2, 0.25) is 0 Å². The zero-order chi connectivity index (χ0) is 13.9. The van der Waals surface area contributed by atoms with Crippen molar-refractivity contribution in [2.45, 2.75) is 44.1 Å². The van der Waals surface area contributed by atoms with Crippen LogP contribution in [0.2, 0.25) is 0 Å². The molecule has 3 aliphatic rings. The summed E-state index contributed by atoms with van der Waals surface area (Å²) in [5, 5.41) is 11.0. The predicted molar refractivity (Wildman–Crippen MR) is 72.1 cm³/mol. The fourth-order valence-corrected chi connectivity index (χ4v) is 5.45. The highest BCUT2D eigenvalue weighted by Gasteiger charge is 2.60. The third kappa shape index (κ3) is 1.68. The van der Waals surface area contributed by atoms with Crippen LogP contribution >= 0.6 is 0 Å². The first-order valence-electron chi connectivity index (χ1n) is 7.74. The lowest BCUT2D eigenvalue weighted by molar-refractivity contribution is -0.0461. The molecule has 108 valence electrons. The van der Waals surface area contributed by atoms with E-state index in [1.165, 1.54) is 37.5 Å². The second-order valence-electron chi connectivity index (χ2n) is 7.05. The molecular weight excluding hydrogens is 258 g/mol. The number of hydrogen-bond donors (Lipinski definition) is 1. The van der Waals surface area contributed by atoms with Gasteiger partial charge in [-0.3, -0.25) is 0 Å². The van der Waals surface area contributed by atoms with Gasteiger partial charge in [-0.15, -0.1) is 0 Å². The lowest BCUT2D eigenvalue weighted by atomic mass is 9.70. The second-order valence-corrected chi connectivity index (χ2v) is 7.05. The molecule has 2 bridgehead atoms. The predicted octanol–water partition coefficient (Wildman–Crippen LogP) is 3.69. The molecule has 1 aromatic rings. The Bertz CT molecular complexity index is 524. The molecule has 1 nitrogen and oxygen atoms in total. The van der Waals surface area contributed by atoms with Crippen LogP contribution in [0.3, 0.4) is 0 Å². The first-order valence-corrected chi connectivity index (χ1v) is 7.74. The molecular formula is C17H20F2O. The van der Waals surface area contributed by atoms with E-state index in [2.05, 4.69) is 0 Å². The number of fused-ring (bicyclic) bond motifs is 5. The summed E-state index contributed by atoms with van der Waals surface area (Å²) in [6.07, 6.45) is 5.65. The maximum atomic E-state index is 13.8. The summed E-state index contributed by atoms with van der Waals surface area (Å²) in [4.78, 5) is 0. The summed E-state index contributed by atoms with van der Waals surface area (Å²) in [5.41, 5.74) is -0.823. The van der Waals surface area contributed by atoms with Gasteiger partial charge in [-0.25, -0.2) is 8.78 Å². The molecule has 3 aliphatic carbocycles. The van der Waals surface area contributed by atoms with Gasteiger partial charge in [0.05, 0.1) is 5.60 Å². The van der Waals surface area contributed by atoms with Crippen molar-refractivity contribution < 1.29 is 13.9 Å². The third-order valence-corrected chi connectivity index (χ3v) is 6.15. The van der Waals surface area contributed by atoms with Crippen LogP contribution in [0.1, 0.15) is 37.7 Å². The van der Waals surface area contributed by atoms with Crippen LogP contribution in [-0.2, 0) is 6.42 Å². The normalized spacial score (nSPS) is 42.1. The quantitative estimate of drug-likeness (QED) is 0.874. The molecule has 0 saturated heterocycles.